The summed E-state index contributed by atoms with van der Waals surface area (Å²) >= 11 is 18.0. The van der Waals surface area contributed by atoms with Gasteiger partial charge in [-0.15, -0.1) is 0 Å². The van der Waals surface area contributed by atoms with Gasteiger partial charge in [0.25, 0.3) is 5.91 Å². The summed E-state index contributed by atoms with van der Waals surface area (Å²) in [5, 5.41) is 4.11. The first-order valence-corrected chi connectivity index (χ1v) is 8.58. The van der Waals surface area contributed by atoms with Gasteiger partial charge in [0.1, 0.15) is 5.75 Å². The Morgan fingerprint density at radius 3 is 2.71 bits per heavy atom. The summed E-state index contributed by atoms with van der Waals surface area (Å²) in [5.74, 6) is 0.146. The zero-order valence-corrected chi connectivity index (χ0v) is 15.9. The van der Waals surface area contributed by atoms with Crippen molar-refractivity contribution in [1.82, 2.24) is 5.32 Å². The predicted molar refractivity (Wildman–Crippen MR) is 102 cm³/mol. The van der Waals surface area contributed by atoms with Crippen LogP contribution in [0.2, 0.25) is 10.0 Å². The summed E-state index contributed by atoms with van der Waals surface area (Å²) in [6.07, 6.45) is 5.19. The zero-order chi connectivity index (χ0) is 18.1. The highest BCUT2D eigenvalue weighted by molar-refractivity contribution is 6.35. The number of halogens is 3. The molecule has 1 rings (SSSR count). The number of benzene rings is 1. The van der Waals surface area contributed by atoms with E-state index < -0.39 is 6.10 Å². The molecule has 3 nitrogen and oxygen atoms in total. The molecule has 0 fully saturated rings. The average Bonchev–Trinajstić information content (AvgIpc) is 2.56. The molecule has 0 spiro atoms. The summed E-state index contributed by atoms with van der Waals surface area (Å²) in [6, 6.07) is 4.86. The van der Waals surface area contributed by atoms with Gasteiger partial charge < -0.3 is 10.1 Å². The van der Waals surface area contributed by atoms with Crippen molar-refractivity contribution in [2.24, 2.45) is 0 Å². The van der Waals surface area contributed by atoms with Crippen LogP contribution in [0.3, 0.4) is 0 Å². The molecule has 0 radical (unpaired) electrons. The minimum Gasteiger partial charge on any atom is -0.479 e. The van der Waals surface area contributed by atoms with Crippen LogP contribution in [0, 0.1) is 0 Å². The Hall–Kier alpha value is -1.42. The Morgan fingerprint density at radius 1 is 1.42 bits per heavy atom. The zero-order valence-electron chi connectivity index (χ0n) is 13.6. The molecule has 1 N–H and O–H groups in total. The maximum atomic E-state index is 12.3. The number of ether oxygens (including phenoxy) is 1. The molecule has 24 heavy (non-hydrogen) atoms. The largest absolute Gasteiger partial charge is 0.479 e. The van der Waals surface area contributed by atoms with Gasteiger partial charge in [0.2, 0.25) is 0 Å². The summed E-state index contributed by atoms with van der Waals surface area (Å²) in [7, 11) is 0. The highest BCUT2D eigenvalue weighted by Crippen LogP contribution is 2.28. The molecule has 1 atom stereocenters. The number of allylic oxidation sites excluding steroid dienone is 3. The van der Waals surface area contributed by atoms with Gasteiger partial charge in [-0.25, -0.2) is 0 Å². The van der Waals surface area contributed by atoms with Crippen LogP contribution in [0.4, 0.5) is 0 Å². The molecule has 1 aromatic rings. The van der Waals surface area contributed by atoms with Crippen LogP contribution >= 0.6 is 34.8 Å². The SMILES string of the molecule is C=C(CNC(=O)C(CC)Oc1ccc(Cl)cc1Cl)C(Cl)=CC=CC. The second-order valence-corrected chi connectivity index (χ2v) is 6.20. The Bertz CT molecular complexity index is 654. The van der Waals surface area contributed by atoms with E-state index in [2.05, 4.69) is 11.9 Å². The summed E-state index contributed by atoms with van der Waals surface area (Å²) in [4.78, 5) is 12.3. The summed E-state index contributed by atoms with van der Waals surface area (Å²) in [5.41, 5.74) is 0.613. The molecule has 0 saturated carbocycles. The van der Waals surface area contributed by atoms with Crippen molar-refractivity contribution in [2.45, 2.75) is 26.4 Å². The van der Waals surface area contributed by atoms with Crippen molar-refractivity contribution in [3.8, 4) is 5.75 Å². The van der Waals surface area contributed by atoms with Crippen LogP contribution in [-0.2, 0) is 4.79 Å². The van der Waals surface area contributed by atoms with Crippen LogP contribution < -0.4 is 10.1 Å². The molecule has 1 unspecified atom stereocenters. The fourth-order valence-electron chi connectivity index (χ4n) is 1.74. The Morgan fingerprint density at radius 2 is 2.12 bits per heavy atom. The second-order valence-electron chi connectivity index (χ2n) is 4.95. The second kappa shape index (κ2) is 10.4. The highest BCUT2D eigenvalue weighted by Gasteiger charge is 2.19. The first-order valence-electron chi connectivity index (χ1n) is 7.45. The van der Waals surface area contributed by atoms with Crippen molar-refractivity contribution in [1.29, 1.82) is 0 Å². The van der Waals surface area contributed by atoms with E-state index in [0.717, 1.165) is 0 Å². The number of amides is 1. The number of hydrogen-bond acceptors (Lipinski definition) is 2. The normalized spacial score (nSPS) is 13.0. The number of rotatable bonds is 8. The molecule has 0 aromatic heterocycles. The van der Waals surface area contributed by atoms with Gasteiger partial charge in [-0.3, -0.25) is 4.79 Å². The fraction of sp³-hybridized carbons (Fsp3) is 0.278. The number of nitrogens with one attached hydrogen (secondary N) is 1. The minimum atomic E-state index is -0.672. The molecule has 0 aliphatic heterocycles. The first kappa shape index (κ1) is 20.6. The minimum absolute atomic E-state index is 0.236. The highest BCUT2D eigenvalue weighted by atomic mass is 35.5. The van der Waals surface area contributed by atoms with Crippen LogP contribution in [-0.4, -0.2) is 18.6 Å². The van der Waals surface area contributed by atoms with Crippen LogP contribution in [0.1, 0.15) is 20.3 Å². The van der Waals surface area contributed by atoms with Gasteiger partial charge in [0.05, 0.1) is 5.02 Å². The molecule has 0 bridgehead atoms. The lowest BCUT2D eigenvalue weighted by Crippen LogP contribution is -2.38. The molecule has 130 valence electrons. The van der Waals surface area contributed by atoms with Crippen molar-refractivity contribution >= 4 is 40.7 Å². The van der Waals surface area contributed by atoms with E-state index in [4.69, 9.17) is 39.5 Å². The monoisotopic (exact) mass is 387 g/mol. The summed E-state index contributed by atoms with van der Waals surface area (Å²) < 4.78 is 5.68. The third-order valence-corrected chi connectivity index (χ3v) is 4.00. The van der Waals surface area contributed by atoms with Crippen molar-refractivity contribution in [2.75, 3.05) is 6.54 Å². The van der Waals surface area contributed by atoms with Crippen LogP contribution in [0.5, 0.6) is 5.75 Å². The number of carbonyl (C=O) groups excluding carboxylic acids is 1. The molecule has 0 aliphatic rings. The third-order valence-electron chi connectivity index (χ3n) is 3.08. The van der Waals surface area contributed by atoms with Crippen molar-refractivity contribution in [3.63, 3.8) is 0 Å². The van der Waals surface area contributed by atoms with Gasteiger partial charge >= 0.3 is 0 Å². The Balaban J connectivity index is 2.65. The van der Waals surface area contributed by atoms with Gasteiger partial charge in [-0.1, -0.05) is 60.5 Å². The quantitative estimate of drug-likeness (QED) is 0.595. The molecule has 6 heteroatoms. The standard InChI is InChI=1S/C18H20Cl3NO2/c1-4-6-7-14(20)12(3)11-22-18(23)16(5-2)24-17-9-8-13(19)10-15(17)21/h4,6-10,16H,3,5,11H2,1-2H3,(H,22,23). The average molecular weight is 389 g/mol. The lowest BCUT2D eigenvalue weighted by atomic mass is 10.2. The lowest BCUT2D eigenvalue weighted by molar-refractivity contribution is -0.127. The third kappa shape index (κ3) is 6.60. The van der Waals surface area contributed by atoms with E-state index in [1.165, 1.54) is 0 Å². The van der Waals surface area contributed by atoms with E-state index in [-0.39, 0.29) is 12.5 Å². The van der Waals surface area contributed by atoms with Gasteiger partial charge in [0.15, 0.2) is 6.10 Å². The number of carbonyl (C=O) groups is 1. The molecule has 0 saturated heterocycles. The van der Waals surface area contributed by atoms with E-state index in [9.17, 15) is 4.79 Å². The number of hydrogen-bond donors (Lipinski definition) is 1. The van der Waals surface area contributed by atoms with Crippen LogP contribution in [0.15, 0.2) is 53.6 Å². The van der Waals surface area contributed by atoms with E-state index in [1.54, 1.807) is 30.4 Å². The van der Waals surface area contributed by atoms with Crippen molar-refractivity contribution in [3.05, 3.63) is 63.7 Å². The molecule has 0 heterocycles. The summed E-state index contributed by atoms with van der Waals surface area (Å²) in [6.45, 7) is 7.82. The molecular weight excluding hydrogens is 369 g/mol. The van der Waals surface area contributed by atoms with Gasteiger partial charge in [0, 0.05) is 16.6 Å². The van der Waals surface area contributed by atoms with E-state index >= 15 is 0 Å². The first-order chi connectivity index (χ1) is 11.4. The molecular formula is C18H20Cl3NO2. The maximum Gasteiger partial charge on any atom is 0.261 e. The Labute approximate surface area is 157 Å². The Kier molecular flexibility index (Phi) is 8.98. The maximum absolute atomic E-state index is 12.3. The smallest absolute Gasteiger partial charge is 0.261 e. The predicted octanol–water partition coefficient (Wildman–Crippen LogP) is 5.52. The van der Waals surface area contributed by atoms with Crippen LogP contribution in [0.25, 0.3) is 0 Å². The lowest BCUT2D eigenvalue weighted by Gasteiger charge is -2.18. The molecule has 0 aliphatic carbocycles. The van der Waals surface area contributed by atoms with Gasteiger partial charge in [-0.2, -0.15) is 0 Å². The fourth-order valence-corrected chi connectivity index (χ4v) is 2.33. The van der Waals surface area contributed by atoms with Crippen molar-refractivity contribution < 1.29 is 9.53 Å². The molecule has 1 aromatic carbocycles. The van der Waals surface area contributed by atoms with E-state index in [0.29, 0.717) is 32.8 Å². The van der Waals surface area contributed by atoms with Gasteiger partial charge in [-0.05, 0) is 43.2 Å². The van der Waals surface area contributed by atoms with E-state index in [1.807, 2.05) is 19.9 Å². The molecule has 1 amide bonds. The topological polar surface area (TPSA) is 38.3 Å².